The molecule has 2 aromatic carbocycles. The van der Waals surface area contributed by atoms with Gasteiger partial charge in [-0.15, -0.1) is 0 Å². The zero-order valence-electron chi connectivity index (χ0n) is 29.5. The normalized spacial score (nSPS) is 32.1. The lowest BCUT2D eigenvalue weighted by Gasteiger charge is -2.46. The number of alkyl halides is 1. The van der Waals surface area contributed by atoms with Crippen LogP contribution in [0.5, 0.6) is 5.75 Å². The minimum absolute atomic E-state index is 0.0336. The van der Waals surface area contributed by atoms with Crippen LogP contribution in [0, 0.1) is 35.0 Å². The molecule has 9 nitrogen and oxygen atoms in total. The number of amides is 1. The van der Waals surface area contributed by atoms with Crippen molar-refractivity contribution < 1.29 is 27.1 Å². The summed E-state index contributed by atoms with van der Waals surface area (Å²) in [6, 6.07) is 13.0. The molecule has 2 bridgehead atoms. The fourth-order valence-corrected chi connectivity index (χ4v) is 10.1. The predicted octanol–water partition coefficient (Wildman–Crippen LogP) is 6.20. The van der Waals surface area contributed by atoms with E-state index in [2.05, 4.69) is 33.9 Å². The molecule has 1 saturated carbocycles. The molecule has 0 aromatic heterocycles. The zero-order valence-corrected chi connectivity index (χ0v) is 31.0. The highest BCUT2D eigenvalue weighted by atomic mass is 35.5. The first-order valence-corrected chi connectivity index (χ1v) is 20.2. The first-order chi connectivity index (χ1) is 24.4. The zero-order chi connectivity index (χ0) is 36.0. The maximum absolute atomic E-state index is 14.6. The summed E-state index contributed by atoms with van der Waals surface area (Å²) in [5.74, 6) is -0.0635. The van der Waals surface area contributed by atoms with Crippen molar-refractivity contribution >= 4 is 33.2 Å². The molecule has 0 unspecified atom stereocenters. The van der Waals surface area contributed by atoms with Crippen LogP contribution < -0.4 is 14.4 Å². The highest BCUT2D eigenvalue weighted by Crippen LogP contribution is 2.47. The number of likely N-dealkylation sites (tertiary alicyclic amines) is 1. The molecule has 6 atom stereocenters. The standard InChI is InChI=1S/C39H48ClFN4O5S/c1-26-5-3-7-35(49-18-17-44-23-39(41,24-44)15-16-42)32-11-8-29(32)21-45-22-38(14-4-6-28-19-30(40)9-12-33(28)38)25-50-36-13-10-31(20-34(36)45)51(47,48)43-37(46)27(26)2/h3,7,9-10,12-13,19-20,26-27,29,32,35H,4-6,8,11,14-15,17-18,21-25H2,1-2H3,(H,43,46)/b7-3+/t26-,27+,29-,32+,35-,38-/m0/s1. The van der Waals surface area contributed by atoms with Crippen molar-refractivity contribution in [2.45, 2.75) is 80.9 Å². The summed E-state index contributed by atoms with van der Waals surface area (Å²) in [7, 11) is -4.14. The van der Waals surface area contributed by atoms with E-state index in [0.29, 0.717) is 55.7 Å². The van der Waals surface area contributed by atoms with E-state index < -0.39 is 27.5 Å². The SMILES string of the molecule is C[C@H]1C/C=C/[C@H](OCCN2CC(F)(CC#N)C2)[C@@H]2CC[C@H]2CN2C[C@@]3(CCCc4cc(Cl)ccc43)COc3ccc(cc32)S(=O)(=O)NC(=O)[C@@H]1C. The maximum Gasteiger partial charge on any atom is 0.264 e. The number of hydrogen-bond acceptors (Lipinski definition) is 8. The number of fused-ring (bicyclic) bond motifs is 4. The number of allylic oxidation sites excluding steroid dienone is 1. The van der Waals surface area contributed by atoms with Crippen LogP contribution in [0.3, 0.4) is 0 Å². The van der Waals surface area contributed by atoms with Gasteiger partial charge >= 0.3 is 0 Å². The average Bonchev–Trinajstić information content (AvgIpc) is 3.21. The van der Waals surface area contributed by atoms with Crippen LogP contribution in [0.15, 0.2) is 53.4 Å². The molecule has 2 aliphatic carbocycles. The molecule has 1 N–H and O–H groups in total. The van der Waals surface area contributed by atoms with Crippen molar-refractivity contribution in [3.8, 4) is 11.8 Å². The maximum atomic E-state index is 14.6. The first-order valence-electron chi connectivity index (χ1n) is 18.3. The molecule has 1 spiro atoms. The van der Waals surface area contributed by atoms with E-state index in [-0.39, 0.29) is 53.7 Å². The average molecular weight is 739 g/mol. The summed E-state index contributed by atoms with van der Waals surface area (Å²) >= 11 is 6.45. The summed E-state index contributed by atoms with van der Waals surface area (Å²) < 4.78 is 57.5. The molecule has 12 heteroatoms. The second-order valence-corrected chi connectivity index (χ2v) is 17.8. The highest BCUT2D eigenvalue weighted by molar-refractivity contribution is 7.90. The van der Waals surface area contributed by atoms with Gasteiger partial charge in [-0.2, -0.15) is 5.26 Å². The Hall–Kier alpha value is -3.17. The molecule has 1 saturated heterocycles. The second kappa shape index (κ2) is 14.3. The Labute approximate surface area is 306 Å². The van der Waals surface area contributed by atoms with Gasteiger partial charge in [-0.3, -0.25) is 9.69 Å². The molecule has 2 fully saturated rings. The van der Waals surface area contributed by atoms with Gasteiger partial charge in [0.2, 0.25) is 5.91 Å². The predicted molar refractivity (Wildman–Crippen MR) is 194 cm³/mol. The third kappa shape index (κ3) is 7.39. The highest BCUT2D eigenvalue weighted by Gasteiger charge is 2.46. The van der Waals surface area contributed by atoms with Crippen LogP contribution in [-0.4, -0.2) is 76.9 Å². The number of sulfonamides is 1. The lowest BCUT2D eigenvalue weighted by atomic mass is 9.68. The fourth-order valence-electron chi connectivity index (χ4n) is 8.78. The molecular formula is C39H48ClFN4O5S. The molecular weight excluding hydrogens is 691 g/mol. The third-order valence-electron chi connectivity index (χ3n) is 12.1. The number of nitriles is 1. The molecule has 3 aliphatic heterocycles. The summed E-state index contributed by atoms with van der Waals surface area (Å²) in [4.78, 5) is 17.6. The lowest BCUT2D eigenvalue weighted by molar-refractivity contribution is -0.124. The largest absolute Gasteiger partial charge is 0.490 e. The van der Waals surface area contributed by atoms with Gasteiger partial charge in [0.25, 0.3) is 10.0 Å². The molecule has 3 heterocycles. The fraction of sp³-hybridized carbons (Fsp3) is 0.590. The monoisotopic (exact) mass is 738 g/mol. The Balaban J connectivity index is 1.21. The van der Waals surface area contributed by atoms with Crippen LogP contribution in [0.1, 0.15) is 63.5 Å². The second-order valence-electron chi connectivity index (χ2n) is 15.7. The summed E-state index contributed by atoms with van der Waals surface area (Å²) in [5.41, 5.74) is 1.42. The van der Waals surface area contributed by atoms with E-state index in [1.165, 1.54) is 17.2 Å². The van der Waals surface area contributed by atoms with E-state index in [1.54, 1.807) is 19.1 Å². The number of aryl methyl sites for hydroxylation is 1. The topological polar surface area (TPSA) is 112 Å². The number of nitrogens with zero attached hydrogens (tertiary/aromatic N) is 3. The molecule has 1 amide bonds. The van der Waals surface area contributed by atoms with Gasteiger partial charge in [0.15, 0.2) is 0 Å². The van der Waals surface area contributed by atoms with Crippen molar-refractivity contribution in [1.82, 2.24) is 9.62 Å². The quantitative estimate of drug-likeness (QED) is 0.361. The number of hydrogen-bond donors (Lipinski definition) is 1. The molecule has 7 rings (SSSR count). The van der Waals surface area contributed by atoms with Gasteiger partial charge in [0.05, 0.1) is 42.4 Å². The minimum Gasteiger partial charge on any atom is -0.490 e. The van der Waals surface area contributed by atoms with Gasteiger partial charge in [0.1, 0.15) is 11.4 Å². The van der Waals surface area contributed by atoms with Crippen molar-refractivity contribution in [3.63, 3.8) is 0 Å². The van der Waals surface area contributed by atoms with Crippen LogP contribution in [0.25, 0.3) is 0 Å². The number of rotatable bonds is 5. The Morgan fingerprint density at radius 2 is 1.98 bits per heavy atom. The Morgan fingerprint density at radius 1 is 1.16 bits per heavy atom. The summed E-state index contributed by atoms with van der Waals surface area (Å²) in [6.07, 6.45) is 9.39. The van der Waals surface area contributed by atoms with Crippen molar-refractivity contribution in [2.75, 3.05) is 50.8 Å². The van der Waals surface area contributed by atoms with Crippen molar-refractivity contribution in [1.29, 1.82) is 5.26 Å². The van der Waals surface area contributed by atoms with Crippen LogP contribution >= 0.6 is 11.6 Å². The van der Waals surface area contributed by atoms with Gasteiger partial charge in [-0.1, -0.05) is 43.7 Å². The number of halogens is 2. The van der Waals surface area contributed by atoms with Gasteiger partial charge in [0, 0.05) is 49.1 Å². The van der Waals surface area contributed by atoms with Crippen molar-refractivity contribution in [3.05, 3.63) is 64.7 Å². The molecule has 2 aromatic rings. The van der Waals surface area contributed by atoms with Gasteiger partial charge in [-0.05, 0) is 97.7 Å². The van der Waals surface area contributed by atoms with Crippen LogP contribution in [0.4, 0.5) is 10.1 Å². The number of carbonyl (C=O) groups excluding carboxylic acids is 1. The number of ether oxygens (including phenoxy) is 2. The number of anilines is 1. The number of benzene rings is 2. The Morgan fingerprint density at radius 3 is 2.75 bits per heavy atom. The summed E-state index contributed by atoms with van der Waals surface area (Å²) in [6.45, 7) is 7.03. The number of nitrogens with one attached hydrogen (secondary N) is 1. The van der Waals surface area contributed by atoms with Gasteiger partial charge in [-0.25, -0.2) is 17.5 Å². The molecule has 5 aliphatic rings. The van der Waals surface area contributed by atoms with E-state index in [0.717, 1.165) is 32.1 Å². The van der Waals surface area contributed by atoms with E-state index in [4.69, 9.17) is 26.3 Å². The van der Waals surface area contributed by atoms with E-state index >= 15 is 0 Å². The lowest BCUT2D eigenvalue weighted by Crippen LogP contribution is -2.59. The van der Waals surface area contributed by atoms with Crippen LogP contribution in [-0.2, 0) is 31.4 Å². The molecule has 0 radical (unpaired) electrons. The van der Waals surface area contributed by atoms with Crippen LogP contribution in [0.2, 0.25) is 5.02 Å². The smallest absolute Gasteiger partial charge is 0.264 e. The molecule has 274 valence electrons. The Bertz CT molecular complexity index is 1830. The molecule has 51 heavy (non-hydrogen) atoms. The summed E-state index contributed by atoms with van der Waals surface area (Å²) in [5, 5.41) is 9.67. The minimum atomic E-state index is -4.14. The van der Waals surface area contributed by atoms with E-state index in [1.807, 2.05) is 24.0 Å². The Kier molecular flexibility index (Phi) is 10.2. The van der Waals surface area contributed by atoms with E-state index in [9.17, 15) is 17.6 Å². The first kappa shape index (κ1) is 36.2. The van der Waals surface area contributed by atoms with Crippen molar-refractivity contribution in [2.24, 2.45) is 23.7 Å². The number of carbonyl (C=O) groups is 1. The third-order valence-corrected chi connectivity index (χ3v) is 13.7. The van der Waals surface area contributed by atoms with Gasteiger partial charge < -0.3 is 14.4 Å².